The molecule has 0 saturated carbocycles. The molecule has 0 unspecified atom stereocenters. The minimum atomic E-state index is -1.51. The van der Waals surface area contributed by atoms with E-state index in [0.29, 0.717) is 26.2 Å². The van der Waals surface area contributed by atoms with Crippen molar-refractivity contribution in [3.05, 3.63) is 33.8 Å². The monoisotopic (exact) mass is 399 g/mol. The van der Waals surface area contributed by atoms with E-state index in [2.05, 4.69) is 34.8 Å². The Morgan fingerprint density at radius 2 is 1.80 bits per heavy atom. The molecular weight excluding hydrogens is 377 g/mol. The van der Waals surface area contributed by atoms with Crippen LogP contribution in [0.25, 0.3) is 0 Å². The van der Waals surface area contributed by atoms with Gasteiger partial charge in [0, 0.05) is 0 Å². The summed E-state index contributed by atoms with van der Waals surface area (Å²) in [5, 5.41) is 0.911. The predicted octanol–water partition coefficient (Wildman–Crippen LogP) is 6.49. The van der Waals surface area contributed by atoms with Crippen LogP contribution >= 0.6 is 33.2 Å². The van der Waals surface area contributed by atoms with Gasteiger partial charge in [0.1, 0.15) is 10.1 Å². The van der Waals surface area contributed by atoms with Gasteiger partial charge < -0.3 is 4.74 Å². The average molecular weight is 400 g/mol. The van der Waals surface area contributed by atoms with Crippen LogP contribution in [0.2, 0.25) is 0 Å². The van der Waals surface area contributed by atoms with E-state index in [9.17, 15) is 0 Å². The highest BCUT2D eigenvalue weighted by Crippen LogP contribution is 2.63. The zero-order valence-electron chi connectivity index (χ0n) is 15.1. The zero-order chi connectivity index (χ0) is 18.7. The molecule has 25 heavy (non-hydrogen) atoms. The molecular formula is C18H23Cl2N3OS. The van der Waals surface area contributed by atoms with Crippen LogP contribution in [0.1, 0.15) is 34.6 Å². The number of benzene rings is 1. The van der Waals surface area contributed by atoms with Crippen molar-refractivity contribution < 1.29 is 4.74 Å². The third kappa shape index (κ3) is 4.48. The zero-order valence-corrected chi connectivity index (χ0v) is 17.5. The molecule has 1 aliphatic rings. The van der Waals surface area contributed by atoms with Crippen molar-refractivity contribution in [3.63, 3.8) is 0 Å². The molecule has 4 nitrogen and oxygen atoms in total. The Bertz CT molecular complexity index is 771. The van der Waals surface area contributed by atoms with Crippen LogP contribution in [-0.4, -0.2) is 28.3 Å². The van der Waals surface area contributed by atoms with Crippen molar-refractivity contribution in [2.75, 3.05) is 11.5 Å². The molecule has 1 aliphatic heterocycles. The fourth-order valence-electron chi connectivity index (χ4n) is 2.22. The minimum Gasteiger partial charge on any atom is -0.432 e. The summed E-state index contributed by atoms with van der Waals surface area (Å²) in [4.78, 5) is 12.9. The number of para-hydroxylation sites is 2. The maximum atomic E-state index is 6.46. The SMILES string of the molecule is CCS1(CC)C(Oc2ccccc2N=C=NC(C)(C)C)=NC(Cl)=C1Cl. The first-order chi connectivity index (χ1) is 11.7. The standard InChI is InChI=1S/C18H23Cl2N3OS/c1-6-25(7-2)16(20)15(19)23-17(25)24-14-11-9-8-10-13(14)21-12-22-18(3,4)5/h8-11H,6-7H2,1-5H3. The molecule has 0 saturated heterocycles. The van der Waals surface area contributed by atoms with Gasteiger partial charge in [-0.3, -0.25) is 0 Å². The number of halogens is 2. The third-order valence-electron chi connectivity index (χ3n) is 3.63. The topological polar surface area (TPSA) is 46.3 Å². The van der Waals surface area contributed by atoms with E-state index in [1.54, 1.807) is 0 Å². The lowest BCUT2D eigenvalue weighted by Gasteiger charge is -2.33. The van der Waals surface area contributed by atoms with Gasteiger partial charge in [0.15, 0.2) is 10.9 Å². The van der Waals surface area contributed by atoms with Crippen molar-refractivity contribution >= 4 is 50.2 Å². The molecule has 1 aromatic rings. The molecule has 1 aromatic carbocycles. The number of hydrogen-bond donors (Lipinski definition) is 0. The smallest absolute Gasteiger partial charge is 0.244 e. The van der Waals surface area contributed by atoms with E-state index >= 15 is 0 Å². The second kappa shape index (κ2) is 7.96. The Morgan fingerprint density at radius 1 is 1.16 bits per heavy atom. The van der Waals surface area contributed by atoms with E-state index in [0.717, 1.165) is 11.5 Å². The maximum Gasteiger partial charge on any atom is 0.244 e. The highest BCUT2D eigenvalue weighted by molar-refractivity contribution is 8.49. The van der Waals surface area contributed by atoms with E-state index in [4.69, 9.17) is 27.9 Å². The van der Waals surface area contributed by atoms with Gasteiger partial charge in [-0.25, -0.2) is 4.99 Å². The van der Waals surface area contributed by atoms with Crippen molar-refractivity contribution in [1.29, 1.82) is 0 Å². The van der Waals surface area contributed by atoms with E-state index in [-0.39, 0.29) is 5.54 Å². The van der Waals surface area contributed by atoms with E-state index in [1.807, 2.05) is 45.0 Å². The molecule has 136 valence electrons. The predicted molar refractivity (Wildman–Crippen MR) is 111 cm³/mol. The van der Waals surface area contributed by atoms with Crippen molar-refractivity contribution in [1.82, 2.24) is 0 Å². The van der Waals surface area contributed by atoms with Gasteiger partial charge in [-0.05, 0) is 44.4 Å². The Balaban J connectivity index is 2.36. The van der Waals surface area contributed by atoms with E-state index < -0.39 is 10.0 Å². The average Bonchev–Trinajstić information content (AvgIpc) is 2.79. The lowest BCUT2D eigenvalue weighted by atomic mass is 10.1. The molecule has 0 radical (unpaired) electrons. The fourth-order valence-corrected chi connectivity index (χ4v) is 6.13. The molecule has 0 aromatic heterocycles. The third-order valence-corrected chi connectivity index (χ3v) is 8.87. The van der Waals surface area contributed by atoms with Gasteiger partial charge in [-0.2, -0.15) is 9.98 Å². The summed E-state index contributed by atoms with van der Waals surface area (Å²) in [6.07, 6.45) is 0. The number of nitrogens with zero attached hydrogens (tertiary/aromatic N) is 3. The maximum absolute atomic E-state index is 6.46. The van der Waals surface area contributed by atoms with Gasteiger partial charge >= 0.3 is 0 Å². The Hall–Kier alpha value is -1.26. The highest BCUT2D eigenvalue weighted by Gasteiger charge is 2.39. The largest absolute Gasteiger partial charge is 0.432 e. The van der Waals surface area contributed by atoms with Gasteiger partial charge in [-0.15, -0.1) is 10.0 Å². The molecule has 0 N–H and O–H groups in total. The number of aliphatic imine (C=N–C) groups is 3. The van der Waals surface area contributed by atoms with Gasteiger partial charge in [0.25, 0.3) is 0 Å². The van der Waals surface area contributed by atoms with Crippen molar-refractivity contribution in [3.8, 4) is 5.75 Å². The first-order valence-corrected chi connectivity index (χ1v) is 10.8. The van der Waals surface area contributed by atoms with Crippen molar-refractivity contribution in [2.45, 2.75) is 40.2 Å². The quantitative estimate of drug-likeness (QED) is 0.421. The summed E-state index contributed by atoms with van der Waals surface area (Å²) in [6.45, 7) is 10.1. The molecule has 0 bridgehead atoms. The van der Waals surface area contributed by atoms with Crippen LogP contribution in [0.3, 0.4) is 0 Å². The first kappa shape index (κ1) is 20.1. The van der Waals surface area contributed by atoms with E-state index in [1.165, 1.54) is 0 Å². The number of rotatable bonds is 4. The molecule has 2 rings (SSSR count). The highest BCUT2D eigenvalue weighted by atomic mass is 35.5. The molecule has 0 aliphatic carbocycles. The molecule has 7 heteroatoms. The summed E-state index contributed by atoms with van der Waals surface area (Å²) < 4.78 is 6.74. The summed E-state index contributed by atoms with van der Waals surface area (Å²) in [6, 6.07) is 10.2. The molecule has 0 atom stereocenters. The van der Waals surface area contributed by atoms with Gasteiger partial charge in [-0.1, -0.05) is 49.2 Å². The van der Waals surface area contributed by atoms with Crippen molar-refractivity contribution in [2.24, 2.45) is 15.0 Å². The summed E-state index contributed by atoms with van der Waals surface area (Å²) in [7, 11) is -1.51. The van der Waals surface area contributed by atoms with Crippen LogP contribution in [0.5, 0.6) is 5.75 Å². The Labute approximate surface area is 161 Å². The second-order valence-corrected chi connectivity index (χ2v) is 11.1. The minimum absolute atomic E-state index is 0.233. The van der Waals surface area contributed by atoms with Crippen LogP contribution in [-0.2, 0) is 0 Å². The second-order valence-electron chi connectivity index (χ2n) is 6.47. The summed E-state index contributed by atoms with van der Waals surface area (Å²) in [5.41, 5.74) is 0.404. The molecule has 0 spiro atoms. The normalized spacial score (nSPS) is 17.6. The first-order valence-electron chi connectivity index (χ1n) is 8.11. The lowest BCUT2D eigenvalue weighted by Crippen LogP contribution is -2.20. The van der Waals surface area contributed by atoms with Gasteiger partial charge in [0.05, 0.1) is 11.5 Å². The van der Waals surface area contributed by atoms with Crippen LogP contribution in [0.4, 0.5) is 5.69 Å². The lowest BCUT2D eigenvalue weighted by molar-refractivity contribution is 0.566. The Kier molecular flexibility index (Phi) is 6.39. The van der Waals surface area contributed by atoms with Crippen LogP contribution in [0.15, 0.2) is 48.8 Å². The van der Waals surface area contributed by atoms with Crippen LogP contribution < -0.4 is 4.74 Å². The Morgan fingerprint density at radius 3 is 2.40 bits per heavy atom. The number of ether oxygens (including phenoxy) is 1. The number of hydrogen-bond acceptors (Lipinski definition) is 4. The molecule has 0 amide bonds. The molecule has 1 heterocycles. The fraction of sp³-hybridized carbons (Fsp3) is 0.444. The van der Waals surface area contributed by atoms with Gasteiger partial charge in [0.2, 0.25) is 5.23 Å². The summed E-state index contributed by atoms with van der Waals surface area (Å²) >= 11 is 12.6. The molecule has 0 fully saturated rings. The van der Waals surface area contributed by atoms with Crippen LogP contribution in [0, 0.1) is 0 Å². The summed E-state index contributed by atoms with van der Waals surface area (Å²) in [5.74, 6) is 2.25.